The number of hydrogen-bond acceptors (Lipinski definition) is 11. The molecular weight excluding hydrogens is 811 g/mol. The number of pyridine rings is 1. The molecule has 0 spiro atoms. The first-order valence-electron chi connectivity index (χ1n) is 19.4. The number of anilines is 2. The monoisotopic (exact) mass is 855 g/mol. The van der Waals surface area contributed by atoms with Crippen molar-refractivity contribution in [3.05, 3.63) is 76.1 Å². The smallest absolute Gasteiger partial charge is 0.435 e. The van der Waals surface area contributed by atoms with Gasteiger partial charge in [-0.05, 0) is 81.2 Å². The van der Waals surface area contributed by atoms with Gasteiger partial charge in [-0.25, -0.2) is 4.98 Å². The van der Waals surface area contributed by atoms with Crippen molar-refractivity contribution in [2.45, 2.75) is 31.5 Å². The van der Waals surface area contributed by atoms with Gasteiger partial charge in [0.15, 0.2) is 11.5 Å². The van der Waals surface area contributed by atoms with E-state index in [-0.39, 0.29) is 107 Å². The molecule has 0 bridgehead atoms. The Balaban J connectivity index is 0.988. The van der Waals surface area contributed by atoms with Crippen molar-refractivity contribution in [3.63, 3.8) is 0 Å². The number of ether oxygens (including phenoxy) is 1. The van der Waals surface area contributed by atoms with E-state index in [0.29, 0.717) is 25.3 Å². The number of nitrogens with zero attached hydrogens (tertiary/aromatic N) is 6. The predicted octanol–water partition coefficient (Wildman–Crippen LogP) is 3.22. The second-order valence-electron chi connectivity index (χ2n) is 15.3. The summed E-state index contributed by atoms with van der Waals surface area (Å²) in [4.78, 5) is 68.9. The fourth-order valence-electron chi connectivity index (χ4n) is 8.29. The summed E-state index contributed by atoms with van der Waals surface area (Å²) in [6.45, 7) is 3.66. The lowest BCUT2D eigenvalue weighted by molar-refractivity contribution is -0.148. The highest BCUT2D eigenvalue weighted by Crippen LogP contribution is 2.37. The first-order chi connectivity index (χ1) is 28.7. The van der Waals surface area contributed by atoms with Crippen LogP contribution in [-0.2, 0) is 26.9 Å². The van der Waals surface area contributed by atoms with Crippen LogP contribution >= 0.6 is 11.6 Å². The fraction of sp³-hybridized carbons (Fsp3) is 0.462. The van der Waals surface area contributed by atoms with E-state index in [0.717, 1.165) is 25.9 Å². The Bertz CT molecular complexity index is 2210. The number of piperazine rings is 1. The number of piperidine rings is 1. The van der Waals surface area contributed by atoms with Crippen LogP contribution in [0.4, 0.5) is 24.5 Å². The molecule has 0 radical (unpaired) electrons. The number of halogens is 4. The number of rotatable bonds is 13. The number of aromatic amines is 2. The molecule has 4 aromatic rings. The molecule has 3 aliphatic heterocycles. The number of nitrogens with two attached hydrogens (primary N) is 1. The van der Waals surface area contributed by atoms with E-state index >= 15 is 0 Å². The molecule has 3 aromatic heterocycles. The molecule has 21 heteroatoms. The third-order valence-electron chi connectivity index (χ3n) is 11.4. The number of H-pyrrole nitrogens is 2. The molecule has 60 heavy (non-hydrogen) atoms. The van der Waals surface area contributed by atoms with Crippen LogP contribution in [0.3, 0.4) is 0 Å². The first-order valence-corrected chi connectivity index (χ1v) is 19.8. The number of aliphatic carboxylic acids is 1. The van der Waals surface area contributed by atoms with E-state index in [1.165, 1.54) is 42.7 Å². The Labute approximate surface area is 347 Å². The minimum Gasteiger partial charge on any atom is -0.480 e. The highest BCUT2D eigenvalue weighted by molar-refractivity contribution is 6.34. The van der Waals surface area contributed by atoms with Gasteiger partial charge >= 0.3 is 12.1 Å². The summed E-state index contributed by atoms with van der Waals surface area (Å²) in [5, 5.41) is 21.1. The van der Waals surface area contributed by atoms with E-state index in [1.807, 2.05) is 9.80 Å². The van der Waals surface area contributed by atoms with Gasteiger partial charge in [0.2, 0.25) is 5.91 Å². The van der Waals surface area contributed by atoms with Crippen LogP contribution < -0.4 is 16.4 Å². The SMILES string of the molecule is COC[C@H]1CN(C(=O)c2ccc(NC(=O)c3ncc(Cc4c(C(F)(F)F)n[nH]c4-c4ccc(N)cn4)[nH]3)cc2Cl)CCN1C(=O)C(C1CCN(CC(=O)O)CC1)C1CNC1. The average molecular weight is 856 g/mol. The molecular formula is C39H45ClF3N11O6. The molecule has 0 aliphatic carbocycles. The Morgan fingerprint density at radius 2 is 1.82 bits per heavy atom. The minimum absolute atomic E-state index is 0.0180. The van der Waals surface area contributed by atoms with Gasteiger partial charge < -0.3 is 41.0 Å². The summed E-state index contributed by atoms with van der Waals surface area (Å²) in [6, 6.07) is 6.95. The summed E-state index contributed by atoms with van der Waals surface area (Å²) in [7, 11) is 1.54. The van der Waals surface area contributed by atoms with Crippen molar-refractivity contribution in [2.24, 2.45) is 17.8 Å². The second-order valence-corrected chi connectivity index (χ2v) is 15.7. The molecule has 6 heterocycles. The number of likely N-dealkylation sites (tertiary alicyclic amines) is 1. The maximum atomic E-state index is 14.3. The average Bonchev–Trinajstić information content (AvgIpc) is 3.84. The van der Waals surface area contributed by atoms with E-state index < -0.39 is 29.8 Å². The lowest BCUT2D eigenvalue weighted by atomic mass is 9.73. The number of alkyl halides is 3. The zero-order chi connectivity index (χ0) is 42.7. The van der Waals surface area contributed by atoms with Crippen LogP contribution in [0.25, 0.3) is 11.4 Å². The maximum Gasteiger partial charge on any atom is 0.435 e. The summed E-state index contributed by atoms with van der Waals surface area (Å²) in [5.74, 6) is -2.02. The van der Waals surface area contributed by atoms with E-state index in [2.05, 4.69) is 35.8 Å². The molecule has 0 saturated carbocycles. The van der Waals surface area contributed by atoms with Crippen molar-refractivity contribution in [1.29, 1.82) is 0 Å². The number of carbonyl (C=O) groups excluding carboxylic acids is 3. The lowest BCUT2D eigenvalue weighted by Crippen LogP contribution is -2.62. The number of amides is 3. The van der Waals surface area contributed by atoms with Crippen molar-refractivity contribution in [3.8, 4) is 11.4 Å². The van der Waals surface area contributed by atoms with Crippen LogP contribution in [0.5, 0.6) is 0 Å². The zero-order valence-corrected chi connectivity index (χ0v) is 33.4. The number of aromatic nitrogens is 5. The fourth-order valence-corrected chi connectivity index (χ4v) is 8.55. The van der Waals surface area contributed by atoms with Crippen molar-refractivity contribution >= 4 is 46.7 Å². The van der Waals surface area contributed by atoms with Crippen molar-refractivity contribution in [1.82, 2.24) is 45.2 Å². The molecule has 3 amide bonds. The minimum atomic E-state index is -4.77. The van der Waals surface area contributed by atoms with E-state index in [4.69, 9.17) is 22.1 Å². The van der Waals surface area contributed by atoms with Crippen LogP contribution in [-0.4, -0.2) is 141 Å². The van der Waals surface area contributed by atoms with Gasteiger partial charge in [-0.15, -0.1) is 0 Å². The Morgan fingerprint density at radius 3 is 2.45 bits per heavy atom. The molecule has 1 unspecified atom stereocenters. The number of nitrogens with one attached hydrogen (secondary N) is 4. The lowest BCUT2D eigenvalue weighted by Gasteiger charge is -2.47. The summed E-state index contributed by atoms with van der Waals surface area (Å²) >= 11 is 6.62. The number of benzene rings is 1. The first kappa shape index (κ1) is 42.6. The molecule has 1 aromatic carbocycles. The third-order valence-corrected chi connectivity index (χ3v) is 11.7. The molecule has 3 fully saturated rings. The number of imidazole rings is 1. The molecule has 7 rings (SSSR count). The van der Waals surface area contributed by atoms with Crippen LogP contribution in [0.15, 0.2) is 42.7 Å². The van der Waals surface area contributed by atoms with Gasteiger partial charge in [0, 0.05) is 62.2 Å². The second kappa shape index (κ2) is 18.0. The summed E-state index contributed by atoms with van der Waals surface area (Å²) < 4.78 is 47.2. The number of carboxylic acid groups (broad SMARTS) is 1. The van der Waals surface area contributed by atoms with Gasteiger partial charge in [-0.2, -0.15) is 18.3 Å². The van der Waals surface area contributed by atoms with Crippen LogP contribution in [0.2, 0.25) is 5.02 Å². The van der Waals surface area contributed by atoms with Crippen LogP contribution in [0.1, 0.15) is 50.8 Å². The molecule has 17 nitrogen and oxygen atoms in total. The number of hydrogen-bond donors (Lipinski definition) is 6. The maximum absolute atomic E-state index is 14.3. The Morgan fingerprint density at radius 1 is 1.05 bits per heavy atom. The quantitative estimate of drug-likeness (QED) is 0.114. The van der Waals surface area contributed by atoms with Gasteiger partial charge in [-0.1, -0.05) is 11.6 Å². The van der Waals surface area contributed by atoms with Gasteiger partial charge in [0.1, 0.15) is 0 Å². The van der Waals surface area contributed by atoms with E-state index in [1.54, 1.807) is 12.0 Å². The number of methoxy groups -OCH3 is 1. The number of carbonyl (C=O) groups is 4. The molecule has 3 aliphatic rings. The Kier molecular flexibility index (Phi) is 12.7. The van der Waals surface area contributed by atoms with Crippen LogP contribution in [0, 0.1) is 17.8 Å². The summed E-state index contributed by atoms with van der Waals surface area (Å²) in [5.41, 5.74) is 5.54. The Hall–Kier alpha value is -5.57. The zero-order valence-electron chi connectivity index (χ0n) is 32.6. The van der Waals surface area contributed by atoms with E-state index in [9.17, 15) is 37.5 Å². The molecule has 7 N–H and O–H groups in total. The highest BCUT2D eigenvalue weighted by Gasteiger charge is 2.44. The summed E-state index contributed by atoms with van der Waals surface area (Å²) in [6.07, 6.45) is -1.06. The van der Waals surface area contributed by atoms with Crippen molar-refractivity contribution in [2.75, 3.05) is 77.1 Å². The van der Waals surface area contributed by atoms with Gasteiger partial charge in [0.25, 0.3) is 11.8 Å². The molecule has 2 atom stereocenters. The molecule has 3 saturated heterocycles. The van der Waals surface area contributed by atoms with Gasteiger partial charge in [0.05, 0.1) is 53.1 Å². The number of nitrogen functional groups attached to an aromatic ring is 1. The highest BCUT2D eigenvalue weighted by atomic mass is 35.5. The largest absolute Gasteiger partial charge is 0.480 e. The standard InChI is InChI=1S/C39H45ClF3N11O6/c1-60-20-26-18-53(10-11-54(26)38(59)32(22-14-45-15-22)21-6-8-52(9-7-21)19-31(55)56)37(58)27-4-3-24(13-29(27)40)49-36(57)35-47-17-25(48-35)12-28-33(30-5-2-23(44)16-46-30)50-51-34(28)39(41,42)43/h2-5,13,16-17,21-22,26,32,45H,6-12,14-15,18-20,44H2,1H3,(H,47,48)(H,49,57)(H,50,51)(H,55,56)/t26-,32?/m1/s1. The number of carboxylic acids is 1. The predicted molar refractivity (Wildman–Crippen MR) is 212 cm³/mol. The van der Waals surface area contributed by atoms with Gasteiger partial charge in [-0.3, -0.25) is 34.2 Å². The van der Waals surface area contributed by atoms with Crippen molar-refractivity contribution < 1.29 is 42.2 Å². The normalized spacial score (nSPS) is 18.6. The topological polar surface area (TPSA) is 228 Å². The molecule has 320 valence electrons. The third kappa shape index (κ3) is 9.41.